The third-order valence-corrected chi connectivity index (χ3v) is 5.89. The molecule has 1 aliphatic heterocycles. The molecule has 0 amide bonds. The van der Waals surface area contributed by atoms with Crippen LogP contribution in [0.5, 0.6) is 5.75 Å². The van der Waals surface area contributed by atoms with Crippen molar-refractivity contribution in [2.45, 2.75) is 32.1 Å². The molecule has 0 spiro atoms. The highest BCUT2D eigenvalue weighted by Crippen LogP contribution is 2.39. The summed E-state index contributed by atoms with van der Waals surface area (Å²) in [5, 5.41) is 5.16. The Bertz CT molecular complexity index is 935. The van der Waals surface area contributed by atoms with E-state index in [4.69, 9.17) is 9.26 Å². The van der Waals surface area contributed by atoms with Crippen LogP contribution in [0.15, 0.2) is 45.4 Å². The summed E-state index contributed by atoms with van der Waals surface area (Å²) in [4.78, 5) is 2.38. The molecule has 4 rings (SSSR count). The molecule has 0 bridgehead atoms. The van der Waals surface area contributed by atoms with Gasteiger partial charge in [0.25, 0.3) is 0 Å². The van der Waals surface area contributed by atoms with Crippen LogP contribution in [0, 0.1) is 5.82 Å². The Kier molecular flexibility index (Phi) is 5.34. The molecule has 2 aromatic carbocycles. The Labute approximate surface area is 166 Å². The summed E-state index contributed by atoms with van der Waals surface area (Å²) in [5.74, 6) is 0.919. The van der Waals surface area contributed by atoms with Crippen LogP contribution in [0.4, 0.5) is 10.1 Å². The van der Waals surface area contributed by atoms with Crippen molar-refractivity contribution in [2.75, 3.05) is 24.6 Å². The van der Waals surface area contributed by atoms with E-state index in [-0.39, 0.29) is 5.82 Å². The van der Waals surface area contributed by atoms with Crippen LogP contribution in [-0.4, -0.2) is 24.9 Å². The smallest absolute Gasteiger partial charge is 0.170 e. The first-order valence-corrected chi connectivity index (χ1v) is 10.2. The van der Waals surface area contributed by atoms with Crippen LogP contribution in [-0.2, 0) is 0 Å². The van der Waals surface area contributed by atoms with Crippen LogP contribution in [0.1, 0.15) is 37.8 Å². The molecule has 1 fully saturated rings. The molecule has 0 unspecified atom stereocenters. The normalized spacial score (nSPS) is 15.4. The molecule has 1 saturated heterocycles. The van der Waals surface area contributed by atoms with Gasteiger partial charge in [0.15, 0.2) is 5.58 Å². The average molecular weight is 433 g/mol. The summed E-state index contributed by atoms with van der Waals surface area (Å²) in [6.45, 7) is 4.67. The van der Waals surface area contributed by atoms with Gasteiger partial charge < -0.3 is 14.2 Å². The van der Waals surface area contributed by atoms with Crippen LogP contribution < -0.4 is 9.64 Å². The highest BCUT2D eigenvalue weighted by molar-refractivity contribution is 9.10. The van der Waals surface area contributed by atoms with Gasteiger partial charge in [-0.1, -0.05) is 18.1 Å². The van der Waals surface area contributed by atoms with Crippen molar-refractivity contribution in [3.63, 3.8) is 0 Å². The van der Waals surface area contributed by atoms with Crippen LogP contribution in [0.3, 0.4) is 0 Å². The first-order valence-electron chi connectivity index (χ1n) is 9.38. The standard InChI is InChI=1S/C21H22BrFN2O2/c1-2-12-26-18-5-3-4-17(20(18)22)25-10-8-14(9-11-25)21-16-7-6-15(23)13-19(16)27-24-21/h3-7,13-14H,2,8-12H2,1H3. The molecule has 4 nitrogen and oxygen atoms in total. The number of ether oxygens (including phenoxy) is 1. The molecule has 0 saturated carbocycles. The summed E-state index contributed by atoms with van der Waals surface area (Å²) in [6.07, 6.45) is 2.94. The first kappa shape index (κ1) is 18.3. The van der Waals surface area contributed by atoms with E-state index in [0.29, 0.717) is 18.1 Å². The Morgan fingerprint density at radius 1 is 1.26 bits per heavy atom. The lowest BCUT2D eigenvalue weighted by atomic mass is 9.91. The molecule has 27 heavy (non-hydrogen) atoms. The van der Waals surface area contributed by atoms with Crippen molar-refractivity contribution in [1.29, 1.82) is 0 Å². The maximum atomic E-state index is 13.4. The third kappa shape index (κ3) is 3.68. The summed E-state index contributed by atoms with van der Waals surface area (Å²) >= 11 is 3.71. The van der Waals surface area contributed by atoms with Gasteiger partial charge in [0, 0.05) is 30.5 Å². The lowest BCUT2D eigenvalue weighted by molar-refractivity contribution is 0.315. The largest absolute Gasteiger partial charge is 0.492 e. The lowest BCUT2D eigenvalue weighted by Crippen LogP contribution is -2.33. The summed E-state index contributed by atoms with van der Waals surface area (Å²) in [5.41, 5.74) is 2.63. The number of anilines is 1. The third-order valence-electron chi connectivity index (χ3n) is 5.09. The van der Waals surface area contributed by atoms with E-state index in [0.717, 1.165) is 59.3 Å². The monoisotopic (exact) mass is 432 g/mol. The quantitative estimate of drug-likeness (QED) is 0.502. The summed E-state index contributed by atoms with van der Waals surface area (Å²) in [7, 11) is 0. The highest BCUT2D eigenvalue weighted by atomic mass is 79.9. The number of aromatic nitrogens is 1. The van der Waals surface area contributed by atoms with E-state index in [1.165, 1.54) is 12.1 Å². The predicted molar refractivity (Wildman–Crippen MR) is 108 cm³/mol. The zero-order valence-electron chi connectivity index (χ0n) is 15.3. The zero-order valence-corrected chi connectivity index (χ0v) is 16.8. The number of benzene rings is 2. The number of piperidine rings is 1. The topological polar surface area (TPSA) is 38.5 Å². The Balaban J connectivity index is 1.49. The van der Waals surface area contributed by atoms with Gasteiger partial charge in [0.05, 0.1) is 22.5 Å². The van der Waals surface area contributed by atoms with Gasteiger partial charge in [0.2, 0.25) is 0 Å². The second kappa shape index (κ2) is 7.89. The maximum Gasteiger partial charge on any atom is 0.170 e. The maximum absolute atomic E-state index is 13.4. The van der Waals surface area contributed by atoms with Crippen molar-refractivity contribution < 1.29 is 13.7 Å². The lowest BCUT2D eigenvalue weighted by Gasteiger charge is -2.33. The van der Waals surface area contributed by atoms with E-state index < -0.39 is 0 Å². The van der Waals surface area contributed by atoms with Crippen LogP contribution >= 0.6 is 15.9 Å². The number of hydrogen-bond acceptors (Lipinski definition) is 4. The molecular weight excluding hydrogens is 411 g/mol. The van der Waals surface area contributed by atoms with Crippen molar-refractivity contribution in [1.82, 2.24) is 5.16 Å². The molecule has 142 valence electrons. The fourth-order valence-corrected chi connectivity index (χ4v) is 4.32. The molecule has 0 radical (unpaired) electrons. The van der Waals surface area contributed by atoms with Gasteiger partial charge in [0.1, 0.15) is 11.6 Å². The van der Waals surface area contributed by atoms with Gasteiger partial charge in [-0.3, -0.25) is 0 Å². The highest BCUT2D eigenvalue weighted by Gasteiger charge is 2.26. The fraction of sp³-hybridized carbons (Fsp3) is 0.381. The Morgan fingerprint density at radius 2 is 2.07 bits per heavy atom. The summed E-state index contributed by atoms with van der Waals surface area (Å²) in [6, 6.07) is 10.8. The molecule has 0 N–H and O–H groups in total. The van der Waals surface area contributed by atoms with E-state index in [1.54, 1.807) is 6.07 Å². The second-order valence-electron chi connectivity index (χ2n) is 6.91. The van der Waals surface area contributed by atoms with Crippen molar-refractivity contribution in [3.05, 3.63) is 52.4 Å². The minimum atomic E-state index is -0.296. The molecule has 1 aromatic heterocycles. The number of rotatable bonds is 5. The molecular formula is C21H22BrFN2O2. The second-order valence-corrected chi connectivity index (χ2v) is 7.70. The molecule has 3 aromatic rings. The van der Waals surface area contributed by atoms with E-state index >= 15 is 0 Å². The predicted octanol–water partition coefficient (Wildman–Crippen LogP) is 5.90. The molecule has 1 aliphatic rings. The molecule has 0 aliphatic carbocycles. The van der Waals surface area contributed by atoms with E-state index in [1.807, 2.05) is 12.1 Å². The molecule has 6 heteroatoms. The molecule has 2 heterocycles. The van der Waals surface area contributed by atoms with Crippen molar-refractivity contribution >= 4 is 32.6 Å². The molecule has 0 atom stereocenters. The minimum Gasteiger partial charge on any atom is -0.492 e. The Hall–Kier alpha value is -2.08. The van der Waals surface area contributed by atoms with Crippen LogP contribution in [0.25, 0.3) is 11.0 Å². The summed E-state index contributed by atoms with van der Waals surface area (Å²) < 4.78 is 25.5. The minimum absolute atomic E-state index is 0.296. The number of nitrogens with zero attached hydrogens (tertiary/aromatic N) is 2. The number of hydrogen-bond donors (Lipinski definition) is 0. The average Bonchev–Trinajstić information content (AvgIpc) is 3.10. The first-order chi connectivity index (χ1) is 13.2. The van der Waals surface area contributed by atoms with Gasteiger partial charge in [-0.25, -0.2) is 4.39 Å². The number of fused-ring (bicyclic) bond motifs is 1. The fourth-order valence-electron chi connectivity index (χ4n) is 3.69. The van der Waals surface area contributed by atoms with Crippen LogP contribution in [0.2, 0.25) is 0 Å². The number of halogens is 2. The van der Waals surface area contributed by atoms with E-state index in [9.17, 15) is 4.39 Å². The van der Waals surface area contributed by atoms with Gasteiger partial charge in [-0.15, -0.1) is 0 Å². The van der Waals surface area contributed by atoms with Crippen molar-refractivity contribution in [2.24, 2.45) is 0 Å². The van der Waals surface area contributed by atoms with Gasteiger partial charge in [-0.05, 0) is 59.5 Å². The van der Waals surface area contributed by atoms with Crippen molar-refractivity contribution in [3.8, 4) is 5.75 Å². The zero-order chi connectivity index (χ0) is 18.8. The Morgan fingerprint density at radius 3 is 2.85 bits per heavy atom. The van der Waals surface area contributed by atoms with E-state index in [2.05, 4.69) is 39.0 Å². The van der Waals surface area contributed by atoms with Gasteiger partial charge in [-0.2, -0.15) is 0 Å². The van der Waals surface area contributed by atoms with Gasteiger partial charge >= 0.3 is 0 Å². The SMILES string of the molecule is CCCOc1cccc(N2CCC(c3noc4cc(F)ccc34)CC2)c1Br.